The van der Waals surface area contributed by atoms with Gasteiger partial charge in [-0.2, -0.15) is 0 Å². The van der Waals surface area contributed by atoms with Crippen LogP contribution in [0.25, 0.3) is 0 Å². The van der Waals surface area contributed by atoms with Crippen LogP contribution in [-0.4, -0.2) is 11.3 Å². The van der Waals surface area contributed by atoms with Crippen molar-refractivity contribution in [3.05, 3.63) is 23.8 Å². The maximum Gasteiger partial charge on any atom is 0.514 e. The fraction of sp³-hybridized carbons (Fsp3) is 0.125. The van der Waals surface area contributed by atoms with Gasteiger partial charge in [0.2, 0.25) is 0 Å². The molecule has 4 nitrogen and oxygen atoms in total. The Hall–Kier alpha value is -1.71. The van der Waals surface area contributed by atoms with Crippen molar-refractivity contribution in [2.45, 2.75) is 6.61 Å². The van der Waals surface area contributed by atoms with E-state index in [9.17, 15) is 4.79 Å². The zero-order valence-electron chi connectivity index (χ0n) is 6.11. The highest BCUT2D eigenvalue weighted by atomic mass is 16.7. The Kier molecular flexibility index (Phi) is 1.40. The summed E-state index contributed by atoms with van der Waals surface area (Å²) < 4.78 is 9.30. The summed E-state index contributed by atoms with van der Waals surface area (Å²) in [6.45, 7) is 0.155. The molecule has 62 valence electrons. The van der Waals surface area contributed by atoms with Crippen LogP contribution in [0.1, 0.15) is 5.56 Å². The molecule has 2 rings (SSSR count). The van der Waals surface area contributed by atoms with Gasteiger partial charge in [-0.05, 0) is 18.2 Å². The fourth-order valence-corrected chi connectivity index (χ4v) is 1.03. The number of ether oxygens (including phenoxy) is 2. The Bertz CT molecular complexity index is 332. The third-order valence-corrected chi connectivity index (χ3v) is 1.58. The van der Waals surface area contributed by atoms with E-state index >= 15 is 0 Å². The van der Waals surface area contributed by atoms with Crippen LogP contribution < -0.4 is 4.74 Å². The molecule has 0 fully saturated rings. The van der Waals surface area contributed by atoms with Gasteiger partial charge >= 0.3 is 6.16 Å². The van der Waals surface area contributed by atoms with Gasteiger partial charge in [-0.3, -0.25) is 0 Å². The van der Waals surface area contributed by atoms with Gasteiger partial charge in [-0.1, -0.05) is 0 Å². The predicted molar refractivity (Wildman–Crippen MR) is 38.9 cm³/mol. The smallest absolute Gasteiger partial charge is 0.508 e. The molecule has 1 N–H and O–H groups in total. The average molecular weight is 166 g/mol. The van der Waals surface area contributed by atoms with Crippen LogP contribution in [0.2, 0.25) is 0 Å². The summed E-state index contributed by atoms with van der Waals surface area (Å²) in [4.78, 5) is 10.6. The van der Waals surface area contributed by atoms with Gasteiger partial charge < -0.3 is 14.6 Å². The van der Waals surface area contributed by atoms with Crippen LogP contribution in [0.3, 0.4) is 0 Å². The second kappa shape index (κ2) is 2.41. The lowest BCUT2D eigenvalue weighted by atomic mass is 10.2. The van der Waals surface area contributed by atoms with E-state index < -0.39 is 6.16 Å². The number of benzene rings is 1. The van der Waals surface area contributed by atoms with E-state index in [1.165, 1.54) is 18.2 Å². The van der Waals surface area contributed by atoms with Crippen molar-refractivity contribution in [1.82, 2.24) is 0 Å². The molecule has 1 aliphatic rings. The molecule has 0 aromatic heterocycles. The maximum atomic E-state index is 10.6. The van der Waals surface area contributed by atoms with Crippen LogP contribution >= 0.6 is 0 Å². The van der Waals surface area contributed by atoms with Gasteiger partial charge in [-0.25, -0.2) is 4.79 Å². The molecule has 0 spiro atoms. The molecule has 0 saturated heterocycles. The molecule has 0 unspecified atom stereocenters. The summed E-state index contributed by atoms with van der Waals surface area (Å²) in [7, 11) is 0. The summed E-state index contributed by atoms with van der Waals surface area (Å²) in [6, 6.07) is 4.49. The van der Waals surface area contributed by atoms with Crippen molar-refractivity contribution >= 4 is 6.16 Å². The number of rotatable bonds is 0. The second-order valence-electron chi connectivity index (χ2n) is 2.43. The highest BCUT2D eigenvalue weighted by Gasteiger charge is 2.17. The zero-order chi connectivity index (χ0) is 8.55. The number of aromatic hydroxyl groups is 1. The molecule has 1 aliphatic heterocycles. The quantitative estimate of drug-likeness (QED) is 0.467. The summed E-state index contributed by atoms with van der Waals surface area (Å²) in [5.74, 6) is 0.583. The van der Waals surface area contributed by atoms with Crippen LogP contribution in [0.15, 0.2) is 18.2 Å². The monoisotopic (exact) mass is 166 g/mol. The summed E-state index contributed by atoms with van der Waals surface area (Å²) >= 11 is 0. The molecular formula is C8H6O4. The molecule has 4 heteroatoms. The number of phenolic OH excluding ortho intramolecular Hbond substituents is 1. The van der Waals surface area contributed by atoms with E-state index in [2.05, 4.69) is 4.74 Å². The van der Waals surface area contributed by atoms with E-state index in [0.29, 0.717) is 11.3 Å². The first-order chi connectivity index (χ1) is 5.75. The number of hydrogen-bond acceptors (Lipinski definition) is 4. The second-order valence-corrected chi connectivity index (χ2v) is 2.43. The van der Waals surface area contributed by atoms with Crippen molar-refractivity contribution in [2.75, 3.05) is 0 Å². The number of carbonyl (C=O) groups excluding carboxylic acids is 1. The van der Waals surface area contributed by atoms with Gasteiger partial charge in [0.05, 0.1) is 0 Å². The number of fused-ring (bicyclic) bond motifs is 1. The normalized spacial score (nSPS) is 14.5. The van der Waals surface area contributed by atoms with Gasteiger partial charge in [0.15, 0.2) is 0 Å². The van der Waals surface area contributed by atoms with Crippen LogP contribution in [0, 0.1) is 0 Å². The fourth-order valence-electron chi connectivity index (χ4n) is 1.03. The Balaban J connectivity index is 2.43. The zero-order valence-corrected chi connectivity index (χ0v) is 6.11. The highest BCUT2D eigenvalue weighted by Crippen LogP contribution is 2.27. The first-order valence-electron chi connectivity index (χ1n) is 3.42. The van der Waals surface area contributed by atoms with E-state index in [-0.39, 0.29) is 12.4 Å². The number of hydrogen-bond donors (Lipinski definition) is 1. The lowest BCUT2D eigenvalue weighted by Gasteiger charge is -2.15. The van der Waals surface area contributed by atoms with Crippen LogP contribution in [0.4, 0.5) is 4.79 Å². The van der Waals surface area contributed by atoms with Gasteiger partial charge in [0, 0.05) is 5.56 Å². The maximum absolute atomic E-state index is 10.6. The molecule has 1 aromatic carbocycles. The number of carbonyl (C=O) groups is 1. The average Bonchev–Trinajstić information content (AvgIpc) is 2.05. The molecule has 1 heterocycles. The topological polar surface area (TPSA) is 55.8 Å². The molecule has 1 aromatic rings. The van der Waals surface area contributed by atoms with Crippen molar-refractivity contribution in [3.8, 4) is 11.5 Å². The standard InChI is InChI=1S/C8H6O4/c9-6-1-2-7-5(3-6)4-11-8(10)12-7/h1-3,9H,4H2. The molecule has 0 aliphatic carbocycles. The molecule has 0 amide bonds. The van der Waals surface area contributed by atoms with E-state index in [4.69, 9.17) is 9.84 Å². The molecule has 0 bridgehead atoms. The van der Waals surface area contributed by atoms with Crippen molar-refractivity contribution < 1.29 is 19.4 Å². The van der Waals surface area contributed by atoms with Crippen molar-refractivity contribution in [2.24, 2.45) is 0 Å². The lowest BCUT2D eigenvalue weighted by molar-refractivity contribution is 0.0783. The largest absolute Gasteiger partial charge is 0.514 e. The minimum atomic E-state index is -0.701. The SMILES string of the molecule is O=C1OCc2cc(O)ccc2O1. The van der Waals surface area contributed by atoms with E-state index in [0.717, 1.165) is 0 Å². The molecule has 0 saturated carbocycles. The Morgan fingerprint density at radius 1 is 1.42 bits per heavy atom. The minimum Gasteiger partial charge on any atom is -0.508 e. The Morgan fingerprint density at radius 2 is 2.25 bits per heavy atom. The Morgan fingerprint density at radius 3 is 3.08 bits per heavy atom. The van der Waals surface area contributed by atoms with Crippen molar-refractivity contribution in [3.63, 3.8) is 0 Å². The minimum absolute atomic E-state index is 0.135. The molecule has 12 heavy (non-hydrogen) atoms. The molecule has 0 atom stereocenters. The van der Waals surface area contributed by atoms with Gasteiger partial charge in [-0.15, -0.1) is 0 Å². The first-order valence-corrected chi connectivity index (χ1v) is 3.42. The lowest BCUT2D eigenvalue weighted by Crippen LogP contribution is -2.16. The van der Waals surface area contributed by atoms with Crippen LogP contribution in [-0.2, 0) is 11.3 Å². The summed E-state index contributed by atoms with van der Waals surface area (Å²) in [5, 5.41) is 9.06. The van der Waals surface area contributed by atoms with Gasteiger partial charge in [0.25, 0.3) is 0 Å². The summed E-state index contributed by atoms with van der Waals surface area (Å²) in [5.41, 5.74) is 0.676. The van der Waals surface area contributed by atoms with Gasteiger partial charge in [0.1, 0.15) is 18.1 Å². The highest BCUT2D eigenvalue weighted by molar-refractivity contribution is 5.66. The van der Waals surface area contributed by atoms with E-state index in [1.54, 1.807) is 0 Å². The first kappa shape index (κ1) is 6.97. The number of cyclic esters (lactones) is 1. The Labute approximate surface area is 68.3 Å². The summed E-state index contributed by atoms with van der Waals surface area (Å²) in [6.07, 6.45) is -0.701. The van der Waals surface area contributed by atoms with E-state index in [1.807, 2.05) is 0 Å². The van der Waals surface area contributed by atoms with Crippen LogP contribution in [0.5, 0.6) is 11.5 Å². The predicted octanol–water partition coefficient (Wildman–Crippen LogP) is 1.42. The third kappa shape index (κ3) is 1.07. The van der Waals surface area contributed by atoms with Crippen molar-refractivity contribution in [1.29, 1.82) is 0 Å². The third-order valence-electron chi connectivity index (χ3n) is 1.58. The molecular weight excluding hydrogens is 160 g/mol. The number of phenols is 1. The molecule has 0 radical (unpaired) electrons.